The highest BCUT2D eigenvalue weighted by molar-refractivity contribution is 5.90. The summed E-state index contributed by atoms with van der Waals surface area (Å²) in [7, 11) is 0. The summed E-state index contributed by atoms with van der Waals surface area (Å²) in [6.45, 7) is 5.92. The maximum Gasteiger partial charge on any atom is 0.339 e. The van der Waals surface area contributed by atoms with E-state index < -0.39 is 17.8 Å². The van der Waals surface area contributed by atoms with Gasteiger partial charge in [-0.3, -0.25) is 0 Å². The molecule has 1 atom stereocenters. The van der Waals surface area contributed by atoms with Gasteiger partial charge >= 0.3 is 5.97 Å². The van der Waals surface area contributed by atoms with Crippen molar-refractivity contribution in [2.75, 3.05) is 24.6 Å². The van der Waals surface area contributed by atoms with E-state index in [4.69, 9.17) is 9.84 Å². The van der Waals surface area contributed by atoms with E-state index in [9.17, 15) is 14.8 Å². The maximum atomic E-state index is 11.2. The van der Waals surface area contributed by atoms with E-state index >= 15 is 0 Å². The Balaban J connectivity index is 2.06. The van der Waals surface area contributed by atoms with Gasteiger partial charge in [-0.1, -0.05) is 17.3 Å². The van der Waals surface area contributed by atoms with Crippen LogP contribution in [0.3, 0.4) is 0 Å². The van der Waals surface area contributed by atoms with Gasteiger partial charge in [-0.25, -0.2) is 4.79 Å². The Hall–Kier alpha value is -3.09. The Labute approximate surface area is 151 Å². The highest BCUT2D eigenvalue weighted by Crippen LogP contribution is 2.26. The molecule has 0 aliphatic carbocycles. The van der Waals surface area contributed by atoms with Gasteiger partial charge in [0.2, 0.25) is 0 Å². The number of carbonyl (C=O) groups is 1. The number of aromatic carboxylic acids is 1. The van der Waals surface area contributed by atoms with Gasteiger partial charge in [0.25, 0.3) is 0 Å². The predicted octanol–water partition coefficient (Wildman–Crippen LogP) is 3.82. The molecule has 26 heavy (non-hydrogen) atoms. The first kappa shape index (κ1) is 19.2. The quantitative estimate of drug-likeness (QED) is 0.661. The first-order valence-electron chi connectivity index (χ1n) is 8.36. The number of carboxylic acids is 1. The van der Waals surface area contributed by atoms with E-state index in [1.165, 1.54) is 18.2 Å². The maximum absolute atomic E-state index is 11.2. The van der Waals surface area contributed by atoms with E-state index in [0.717, 1.165) is 24.3 Å². The lowest BCUT2D eigenvalue weighted by atomic mass is 10.1. The van der Waals surface area contributed by atoms with Gasteiger partial charge in [-0.15, -0.1) is 0 Å². The lowest BCUT2D eigenvalue weighted by Gasteiger charge is -2.21. The van der Waals surface area contributed by atoms with Crippen LogP contribution in [0.1, 0.15) is 35.8 Å². The van der Waals surface area contributed by atoms with Crippen LogP contribution in [-0.2, 0) is 0 Å². The summed E-state index contributed by atoms with van der Waals surface area (Å²) in [5.41, 5.74) is 1.58. The van der Waals surface area contributed by atoms with Crippen LogP contribution in [0.4, 0.5) is 5.69 Å². The van der Waals surface area contributed by atoms with Crippen molar-refractivity contribution in [2.45, 2.75) is 19.9 Å². The highest BCUT2D eigenvalue weighted by Gasteiger charge is 2.15. The Kier molecular flexibility index (Phi) is 6.54. The topological polar surface area (TPSA) is 99.4 Å². The number of anilines is 1. The molecule has 7 heteroatoms. The van der Waals surface area contributed by atoms with Crippen molar-refractivity contribution < 1.29 is 19.7 Å². The molecule has 2 rings (SSSR count). The first-order chi connectivity index (χ1) is 12.5. The van der Waals surface area contributed by atoms with Gasteiger partial charge in [0.05, 0.1) is 0 Å². The van der Waals surface area contributed by atoms with Crippen molar-refractivity contribution in [3.63, 3.8) is 0 Å². The van der Waals surface area contributed by atoms with Crippen molar-refractivity contribution in [3.8, 4) is 11.5 Å². The zero-order chi connectivity index (χ0) is 19.1. The molecule has 0 saturated carbocycles. The number of nitrogens with zero attached hydrogens (tertiary/aromatic N) is 2. The molecule has 7 nitrogen and oxygen atoms in total. The number of rotatable bonds is 9. The van der Waals surface area contributed by atoms with Crippen LogP contribution in [0.25, 0.3) is 0 Å². The van der Waals surface area contributed by atoms with Crippen LogP contribution in [0.2, 0.25) is 0 Å². The zero-order valence-corrected chi connectivity index (χ0v) is 14.8. The molecule has 0 radical (unpaired) electrons. The smallest absolute Gasteiger partial charge is 0.339 e. The lowest BCUT2D eigenvalue weighted by Crippen LogP contribution is -2.21. The average Bonchev–Trinajstić information content (AvgIpc) is 2.64. The van der Waals surface area contributed by atoms with Crippen LogP contribution >= 0.6 is 0 Å². The van der Waals surface area contributed by atoms with Crippen LogP contribution in [0, 0.1) is 4.91 Å². The number of hydrogen-bond donors (Lipinski definition) is 2. The third kappa shape index (κ3) is 4.50. The molecule has 0 spiro atoms. The number of ether oxygens (including phenoxy) is 1. The number of benzene rings is 2. The molecule has 0 saturated heterocycles. The van der Waals surface area contributed by atoms with Crippen molar-refractivity contribution >= 4 is 11.7 Å². The fraction of sp³-hybridized carbons (Fsp3) is 0.316. The van der Waals surface area contributed by atoms with Gasteiger partial charge < -0.3 is 19.8 Å². The molecule has 138 valence electrons. The summed E-state index contributed by atoms with van der Waals surface area (Å²) in [6.07, 6.45) is 0. The number of hydrogen-bond acceptors (Lipinski definition) is 6. The minimum atomic E-state index is -1.23. The summed E-state index contributed by atoms with van der Waals surface area (Å²) in [5, 5.41) is 21.7. The SMILES string of the molecule is CCN(CC)c1ccc(C(COc2ccc(C(=O)O)c(O)c2)N=O)cc1. The summed E-state index contributed by atoms with van der Waals surface area (Å²) < 4.78 is 5.49. The van der Waals surface area contributed by atoms with E-state index in [1.54, 1.807) is 0 Å². The molecule has 2 aromatic rings. The number of phenols is 1. The number of carboxylic acid groups (broad SMARTS) is 1. The van der Waals surface area contributed by atoms with Crippen molar-refractivity contribution in [1.82, 2.24) is 0 Å². The predicted molar refractivity (Wildman–Crippen MR) is 99.1 cm³/mol. The summed E-state index contributed by atoms with van der Waals surface area (Å²) >= 11 is 0. The van der Waals surface area contributed by atoms with E-state index in [-0.39, 0.29) is 17.9 Å². The Morgan fingerprint density at radius 2 is 1.81 bits per heavy atom. The van der Waals surface area contributed by atoms with Crippen molar-refractivity contribution in [2.24, 2.45) is 5.18 Å². The van der Waals surface area contributed by atoms with Gasteiger partial charge in [-0.2, -0.15) is 4.91 Å². The molecule has 0 aromatic heterocycles. The molecule has 0 aliphatic rings. The highest BCUT2D eigenvalue weighted by atomic mass is 16.5. The van der Waals surface area contributed by atoms with E-state index in [2.05, 4.69) is 23.9 Å². The zero-order valence-electron chi connectivity index (χ0n) is 14.8. The molecule has 0 heterocycles. The largest absolute Gasteiger partial charge is 0.507 e. The number of nitroso groups, excluding NO2 is 1. The molecule has 1 unspecified atom stereocenters. The van der Waals surface area contributed by atoms with Crippen LogP contribution in [0.15, 0.2) is 47.6 Å². The lowest BCUT2D eigenvalue weighted by molar-refractivity contribution is 0.0693. The second-order valence-corrected chi connectivity index (χ2v) is 5.68. The third-order valence-corrected chi connectivity index (χ3v) is 4.14. The van der Waals surface area contributed by atoms with Crippen molar-refractivity contribution in [3.05, 3.63) is 58.5 Å². The fourth-order valence-electron chi connectivity index (χ4n) is 2.64. The second kappa shape index (κ2) is 8.84. The van der Waals surface area contributed by atoms with Crippen molar-refractivity contribution in [1.29, 1.82) is 0 Å². The van der Waals surface area contributed by atoms with Crippen LogP contribution in [0.5, 0.6) is 11.5 Å². The summed E-state index contributed by atoms with van der Waals surface area (Å²) in [5.74, 6) is -1.36. The Morgan fingerprint density at radius 3 is 2.31 bits per heavy atom. The summed E-state index contributed by atoms with van der Waals surface area (Å²) in [4.78, 5) is 24.3. The molecular formula is C19H22N2O5. The molecule has 0 bridgehead atoms. The second-order valence-electron chi connectivity index (χ2n) is 5.68. The molecule has 0 amide bonds. The minimum Gasteiger partial charge on any atom is -0.507 e. The summed E-state index contributed by atoms with van der Waals surface area (Å²) in [6, 6.07) is 10.7. The molecule has 0 fully saturated rings. The first-order valence-corrected chi connectivity index (χ1v) is 8.36. The van der Waals surface area contributed by atoms with Gasteiger partial charge in [0, 0.05) is 24.8 Å². The molecule has 2 N–H and O–H groups in total. The monoisotopic (exact) mass is 358 g/mol. The normalized spacial score (nSPS) is 11.6. The standard InChI is InChI=1S/C19H22N2O5/c1-3-21(4-2)14-7-5-13(6-8-14)17(20-25)12-26-15-9-10-16(19(23)24)18(22)11-15/h5-11,17,22H,3-4,12H2,1-2H3,(H,23,24). The molecular weight excluding hydrogens is 336 g/mol. The average molecular weight is 358 g/mol. The van der Waals surface area contributed by atoms with Crippen LogP contribution in [-0.4, -0.2) is 35.9 Å². The van der Waals surface area contributed by atoms with Crippen LogP contribution < -0.4 is 9.64 Å². The van der Waals surface area contributed by atoms with Gasteiger partial charge in [-0.05, 0) is 43.7 Å². The minimum absolute atomic E-state index is 0.0139. The Morgan fingerprint density at radius 1 is 1.15 bits per heavy atom. The Bertz CT molecular complexity index is 757. The van der Waals surface area contributed by atoms with Gasteiger partial charge in [0.1, 0.15) is 23.7 Å². The van der Waals surface area contributed by atoms with E-state index in [1.807, 2.05) is 24.3 Å². The number of aromatic hydroxyl groups is 1. The van der Waals surface area contributed by atoms with Gasteiger partial charge in [0.15, 0.2) is 6.04 Å². The third-order valence-electron chi connectivity index (χ3n) is 4.14. The molecule has 2 aromatic carbocycles. The molecule has 0 aliphatic heterocycles. The fourth-order valence-corrected chi connectivity index (χ4v) is 2.64. The van der Waals surface area contributed by atoms with E-state index in [0.29, 0.717) is 0 Å².